The van der Waals surface area contributed by atoms with Crippen LogP contribution < -0.4 is 4.74 Å². The van der Waals surface area contributed by atoms with Gasteiger partial charge in [-0.1, -0.05) is 65.8 Å². The normalized spacial score (nSPS) is 15.8. The van der Waals surface area contributed by atoms with Crippen LogP contribution >= 0.6 is 0 Å². The number of benzene rings is 3. The largest absolute Gasteiger partial charge is 0.452 e. The fraction of sp³-hybridized carbons (Fsp3) is 0.136. The van der Waals surface area contributed by atoms with Gasteiger partial charge < -0.3 is 9.57 Å². The predicted molar refractivity (Wildman–Crippen MR) is 105 cm³/mol. The summed E-state index contributed by atoms with van der Waals surface area (Å²) in [5.74, 6) is 0.482. The molecule has 0 saturated carbocycles. The van der Waals surface area contributed by atoms with E-state index in [1.807, 2.05) is 36.4 Å². The van der Waals surface area contributed by atoms with Gasteiger partial charge in [0.05, 0.1) is 23.0 Å². The Morgan fingerprint density at radius 3 is 2.04 bits per heavy atom. The van der Waals surface area contributed by atoms with Crippen molar-refractivity contribution in [3.05, 3.63) is 106 Å². The van der Waals surface area contributed by atoms with Crippen LogP contribution in [-0.2, 0) is 4.84 Å². The van der Waals surface area contributed by atoms with Gasteiger partial charge in [0.25, 0.3) is 12.0 Å². The minimum atomic E-state index is -0.564. The summed E-state index contributed by atoms with van der Waals surface area (Å²) in [5.41, 5.74) is 3.16. The number of nitro groups is 1. The fourth-order valence-corrected chi connectivity index (χ4v) is 3.27. The number of hydrogen-bond donors (Lipinski definition) is 0. The van der Waals surface area contributed by atoms with E-state index in [9.17, 15) is 10.1 Å². The van der Waals surface area contributed by atoms with E-state index in [0.29, 0.717) is 12.2 Å². The van der Waals surface area contributed by atoms with Crippen molar-refractivity contribution in [2.45, 2.75) is 18.6 Å². The van der Waals surface area contributed by atoms with Gasteiger partial charge >= 0.3 is 0 Å². The van der Waals surface area contributed by atoms with Crippen molar-refractivity contribution in [2.75, 3.05) is 0 Å². The Morgan fingerprint density at radius 2 is 1.50 bits per heavy atom. The molecule has 0 spiro atoms. The Morgan fingerprint density at radius 1 is 0.929 bits per heavy atom. The van der Waals surface area contributed by atoms with Crippen molar-refractivity contribution in [3.8, 4) is 5.75 Å². The summed E-state index contributed by atoms with van der Waals surface area (Å²) in [6.45, 7) is 0. The standard InChI is InChI=1S/C22H18N2O4/c25-24(26)18-11-13-19(14-12-18)27-21-15-20(23-28-21)22(16-7-3-1-4-8-16)17-9-5-2-6-10-17/h1-14,21-22H,15H2. The lowest BCUT2D eigenvalue weighted by molar-refractivity contribution is -0.384. The van der Waals surface area contributed by atoms with E-state index in [4.69, 9.17) is 9.57 Å². The van der Waals surface area contributed by atoms with Gasteiger partial charge in [0.1, 0.15) is 5.75 Å². The minimum Gasteiger partial charge on any atom is -0.452 e. The van der Waals surface area contributed by atoms with E-state index >= 15 is 0 Å². The highest BCUT2D eigenvalue weighted by atomic mass is 16.8. The zero-order valence-electron chi connectivity index (χ0n) is 15.0. The maximum atomic E-state index is 10.8. The predicted octanol–water partition coefficient (Wildman–Crippen LogP) is 4.91. The van der Waals surface area contributed by atoms with Gasteiger partial charge in [-0.3, -0.25) is 10.1 Å². The Kier molecular flexibility index (Phi) is 5.01. The fourth-order valence-electron chi connectivity index (χ4n) is 3.27. The molecular formula is C22H18N2O4. The molecule has 1 aliphatic heterocycles. The van der Waals surface area contributed by atoms with Gasteiger partial charge in [-0.25, -0.2) is 0 Å². The Labute approximate surface area is 162 Å². The second-order valence-corrected chi connectivity index (χ2v) is 6.44. The molecule has 1 heterocycles. The van der Waals surface area contributed by atoms with Gasteiger partial charge in [0.15, 0.2) is 0 Å². The molecule has 0 fully saturated rings. The van der Waals surface area contributed by atoms with Crippen LogP contribution in [0.4, 0.5) is 5.69 Å². The van der Waals surface area contributed by atoms with Gasteiger partial charge in [0.2, 0.25) is 0 Å². The number of non-ortho nitro benzene ring substituents is 1. The SMILES string of the molecule is O=[N+]([O-])c1ccc(OC2CC(C(c3ccccc3)c3ccccc3)=NO2)cc1. The summed E-state index contributed by atoms with van der Waals surface area (Å²) in [7, 11) is 0. The van der Waals surface area contributed by atoms with Gasteiger partial charge in [-0.2, -0.15) is 0 Å². The molecule has 28 heavy (non-hydrogen) atoms. The van der Waals surface area contributed by atoms with Gasteiger partial charge in [0, 0.05) is 12.1 Å². The Bertz CT molecular complexity index is 933. The first-order chi connectivity index (χ1) is 13.7. The zero-order valence-corrected chi connectivity index (χ0v) is 15.0. The molecule has 0 saturated heterocycles. The molecule has 6 heteroatoms. The molecule has 0 N–H and O–H groups in total. The van der Waals surface area contributed by atoms with E-state index in [0.717, 1.165) is 16.8 Å². The maximum absolute atomic E-state index is 10.8. The molecule has 3 aromatic carbocycles. The highest BCUT2D eigenvalue weighted by molar-refractivity contribution is 5.94. The number of oxime groups is 1. The first kappa shape index (κ1) is 17.7. The van der Waals surface area contributed by atoms with Crippen LogP contribution in [0.1, 0.15) is 23.5 Å². The third-order valence-corrected chi connectivity index (χ3v) is 4.58. The molecular weight excluding hydrogens is 356 g/mol. The lowest BCUT2D eigenvalue weighted by Gasteiger charge is -2.17. The molecule has 1 unspecified atom stereocenters. The van der Waals surface area contributed by atoms with Crippen molar-refractivity contribution < 1.29 is 14.5 Å². The topological polar surface area (TPSA) is 74.0 Å². The van der Waals surface area contributed by atoms with Crippen molar-refractivity contribution in [1.29, 1.82) is 0 Å². The van der Waals surface area contributed by atoms with Crippen LogP contribution in [0.25, 0.3) is 0 Å². The third-order valence-electron chi connectivity index (χ3n) is 4.58. The second kappa shape index (κ2) is 7.92. The third kappa shape index (κ3) is 3.86. The molecule has 0 bridgehead atoms. The number of nitro benzene ring substituents is 1. The molecule has 0 aliphatic carbocycles. The quantitative estimate of drug-likeness (QED) is 0.454. The number of nitrogens with zero attached hydrogens (tertiary/aromatic N) is 2. The van der Waals surface area contributed by atoms with Crippen LogP contribution in [0.5, 0.6) is 5.75 Å². The van der Waals surface area contributed by atoms with Crippen molar-refractivity contribution in [1.82, 2.24) is 0 Å². The summed E-state index contributed by atoms with van der Waals surface area (Å²) in [6.07, 6.45) is -0.0581. The molecule has 4 rings (SSSR count). The van der Waals surface area contributed by atoms with E-state index in [-0.39, 0.29) is 11.6 Å². The van der Waals surface area contributed by atoms with E-state index in [2.05, 4.69) is 29.4 Å². The molecule has 0 radical (unpaired) electrons. The summed E-state index contributed by atoms with van der Waals surface area (Å²) < 4.78 is 5.80. The average Bonchev–Trinajstić information content (AvgIpc) is 3.18. The van der Waals surface area contributed by atoms with Crippen molar-refractivity contribution in [3.63, 3.8) is 0 Å². The van der Waals surface area contributed by atoms with Crippen molar-refractivity contribution in [2.24, 2.45) is 5.16 Å². The van der Waals surface area contributed by atoms with E-state index in [1.165, 1.54) is 12.1 Å². The lowest BCUT2D eigenvalue weighted by atomic mass is 9.86. The average molecular weight is 374 g/mol. The molecule has 140 valence electrons. The number of hydrogen-bond acceptors (Lipinski definition) is 5. The van der Waals surface area contributed by atoms with Crippen LogP contribution in [-0.4, -0.2) is 16.9 Å². The summed E-state index contributed by atoms with van der Waals surface area (Å²) in [4.78, 5) is 15.8. The first-order valence-corrected chi connectivity index (χ1v) is 8.94. The van der Waals surface area contributed by atoms with E-state index < -0.39 is 11.2 Å². The van der Waals surface area contributed by atoms with Crippen LogP contribution in [0.15, 0.2) is 90.1 Å². The highest BCUT2D eigenvalue weighted by Gasteiger charge is 2.30. The molecule has 0 amide bonds. The van der Waals surface area contributed by atoms with Gasteiger partial charge in [-0.15, -0.1) is 0 Å². The maximum Gasteiger partial charge on any atom is 0.270 e. The number of rotatable bonds is 6. The van der Waals surface area contributed by atoms with Crippen LogP contribution in [0.2, 0.25) is 0 Å². The monoisotopic (exact) mass is 374 g/mol. The highest BCUT2D eigenvalue weighted by Crippen LogP contribution is 2.32. The van der Waals surface area contributed by atoms with Gasteiger partial charge in [-0.05, 0) is 23.3 Å². The summed E-state index contributed by atoms with van der Waals surface area (Å²) >= 11 is 0. The first-order valence-electron chi connectivity index (χ1n) is 8.94. The van der Waals surface area contributed by atoms with Crippen LogP contribution in [0, 0.1) is 10.1 Å². The molecule has 1 atom stereocenters. The molecule has 1 aliphatic rings. The lowest BCUT2D eigenvalue weighted by Crippen LogP contribution is -2.19. The van der Waals surface area contributed by atoms with E-state index in [1.54, 1.807) is 12.1 Å². The van der Waals surface area contributed by atoms with Crippen molar-refractivity contribution >= 4 is 11.4 Å². The minimum absolute atomic E-state index is 0.0184. The summed E-state index contributed by atoms with van der Waals surface area (Å²) in [5, 5.41) is 15.1. The second-order valence-electron chi connectivity index (χ2n) is 6.44. The molecule has 6 nitrogen and oxygen atoms in total. The number of ether oxygens (including phenoxy) is 1. The van der Waals surface area contributed by atoms with Crippen LogP contribution in [0.3, 0.4) is 0 Å². The zero-order chi connectivity index (χ0) is 19.3. The summed E-state index contributed by atoms with van der Waals surface area (Å²) in [6, 6.07) is 26.2. The Balaban J connectivity index is 1.51. The Hall–Kier alpha value is -3.67. The molecule has 3 aromatic rings. The smallest absolute Gasteiger partial charge is 0.270 e. The molecule has 0 aromatic heterocycles.